The molecule has 0 aliphatic carbocycles. The van der Waals surface area contributed by atoms with Crippen LogP contribution in [-0.2, 0) is 0 Å². The van der Waals surface area contributed by atoms with E-state index in [2.05, 4.69) is 5.16 Å². The lowest BCUT2D eigenvalue weighted by Gasteiger charge is -2.34. The van der Waals surface area contributed by atoms with Crippen LogP contribution in [0.3, 0.4) is 0 Å². The van der Waals surface area contributed by atoms with Gasteiger partial charge in [-0.2, -0.15) is 0 Å². The van der Waals surface area contributed by atoms with E-state index >= 15 is 0 Å². The van der Waals surface area contributed by atoms with E-state index in [1.807, 2.05) is 30.3 Å². The maximum atomic E-state index is 13.4. The highest BCUT2D eigenvalue weighted by Crippen LogP contribution is 2.21. The van der Waals surface area contributed by atoms with Crippen molar-refractivity contribution in [3.8, 4) is 11.3 Å². The van der Waals surface area contributed by atoms with E-state index in [9.17, 15) is 18.4 Å². The first-order chi connectivity index (χ1) is 14.0. The Morgan fingerprint density at radius 3 is 2.14 bits per heavy atom. The van der Waals surface area contributed by atoms with E-state index in [1.165, 1.54) is 11.0 Å². The summed E-state index contributed by atoms with van der Waals surface area (Å²) in [6.07, 6.45) is 0. The molecular weight excluding hydrogens is 380 g/mol. The first-order valence-electron chi connectivity index (χ1n) is 9.08. The minimum atomic E-state index is -1.06. The summed E-state index contributed by atoms with van der Waals surface area (Å²) < 4.78 is 31.7. The van der Waals surface area contributed by atoms with Crippen molar-refractivity contribution in [3.63, 3.8) is 0 Å². The van der Waals surface area contributed by atoms with Gasteiger partial charge < -0.3 is 14.3 Å². The minimum Gasteiger partial charge on any atom is -0.355 e. The molecule has 0 atom stereocenters. The smallest absolute Gasteiger partial charge is 0.276 e. The average Bonchev–Trinajstić information content (AvgIpc) is 3.26. The molecule has 29 heavy (non-hydrogen) atoms. The van der Waals surface area contributed by atoms with Crippen LogP contribution in [0.25, 0.3) is 11.3 Å². The van der Waals surface area contributed by atoms with Crippen molar-refractivity contribution < 1.29 is 22.9 Å². The van der Waals surface area contributed by atoms with Crippen LogP contribution < -0.4 is 0 Å². The maximum Gasteiger partial charge on any atom is 0.276 e. The van der Waals surface area contributed by atoms with Crippen molar-refractivity contribution in [1.29, 1.82) is 0 Å². The standard InChI is InChI=1S/C21H17F2N3O3/c22-16-7-6-15(12-17(16)23)20(27)25-8-10-26(11-9-25)21(28)18-13-19(29-24-18)14-4-2-1-3-5-14/h1-7,12-13H,8-11H2. The lowest BCUT2D eigenvalue weighted by Crippen LogP contribution is -2.50. The van der Waals surface area contributed by atoms with Crippen LogP contribution in [0.1, 0.15) is 20.8 Å². The largest absolute Gasteiger partial charge is 0.355 e. The van der Waals surface area contributed by atoms with Gasteiger partial charge in [0.25, 0.3) is 11.8 Å². The Morgan fingerprint density at radius 1 is 0.828 bits per heavy atom. The van der Waals surface area contributed by atoms with Crippen molar-refractivity contribution in [1.82, 2.24) is 15.0 Å². The lowest BCUT2D eigenvalue weighted by atomic mass is 10.1. The van der Waals surface area contributed by atoms with Crippen LogP contribution in [0.2, 0.25) is 0 Å². The van der Waals surface area contributed by atoms with Gasteiger partial charge in [0.15, 0.2) is 23.1 Å². The zero-order chi connectivity index (χ0) is 20.4. The zero-order valence-electron chi connectivity index (χ0n) is 15.3. The molecule has 1 aromatic heterocycles. The van der Waals surface area contributed by atoms with Crippen molar-refractivity contribution in [3.05, 3.63) is 77.5 Å². The Balaban J connectivity index is 1.39. The van der Waals surface area contributed by atoms with Crippen molar-refractivity contribution in [2.75, 3.05) is 26.2 Å². The molecule has 1 fully saturated rings. The molecule has 2 heterocycles. The third-order valence-corrected chi connectivity index (χ3v) is 4.81. The predicted molar refractivity (Wildman–Crippen MR) is 100 cm³/mol. The third-order valence-electron chi connectivity index (χ3n) is 4.81. The molecule has 2 aromatic carbocycles. The van der Waals surface area contributed by atoms with Gasteiger partial charge in [-0.1, -0.05) is 35.5 Å². The molecule has 4 rings (SSSR count). The first-order valence-corrected chi connectivity index (χ1v) is 9.08. The number of piperazine rings is 1. The Morgan fingerprint density at radius 2 is 1.48 bits per heavy atom. The summed E-state index contributed by atoms with van der Waals surface area (Å²) in [5.41, 5.74) is 1.10. The number of amides is 2. The first kappa shape index (κ1) is 18.8. The van der Waals surface area contributed by atoms with Gasteiger partial charge in [-0.3, -0.25) is 9.59 Å². The molecule has 0 N–H and O–H groups in total. The summed E-state index contributed by atoms with van der Waals surface area (Å²) in [7, 11) is 0. The molecule has 0 spiro atoms. The van der Waals surface area contributed by atoms with Gasteiger partial charge in [-0.05, 0) is 18.2 Å². The quantitative estimate of drug-likeness (QED) is 0.681. The molecule has 0 radical (unpaired) electrons. The number of carbonyl (C=O) groups excluding carboxylic acids is 2. The number of aromatic nitrogens is 1. The Kier molecular flexibility index (Phi) is 5.07. The van der Waals surface area contributed by atoms with Crippen LogP contribution in [0.5, 0.6) is 0 Å². The van der Waals surface area contributed by atoms with E-state index in [0.29, 0.717) is 18.8 Å². The summed E-state index contributed by atoms with van der Waals surface area (Å²) in [5.74, 6) is -2.25. The fourth-order valence-corrected chi connectivity index (χ4v) is 3.20. The fraction of sp³-hybridized carbons (Fsp3) is 0.190. The molecule has 0 saturated carbocycles. The van der Waals surface area contributed by atoms with Gasteiger partial charge in [-0.25, -0.2) is 8.78 Å². The van der Waals surface area contributed by atoms with Gasteiger partial charge in [0.05, 0.1) is 0 Å². The number of benzene rings is 2. The molecule has 6 nitrogen and oxygen atoms in total. The lowest BCUT2D eigenvalue weighted by molar-refractivity contribution is 0.0529. The minimum absolute atomic E-state index is 0.0766. The summed E-state index contributed by atoms with van der Waals surface area (Å²) in [5, 5.41) is 3.86. The average molecular weight is 397 g/mol. The van der Waals surface area contributed by atoms with Crippen LogP contribution in [0.15, 0.2) is 59.1 Å². The van der Waals surface area contributed by atoms with E-state index in [4.69, 9.17) is 4.52 Å². The number of hydrogen-bond donors (Lipinski definition) is 0. The molecule has 8 heteroatoms. The highest BCUT2D eigenvalue weighted by Gasteiger charge is 2.27. The molecule has 3 aromatic rings. The van der Waals surface area contributed by atoms with Crippen molar-refractivity contribution in [2.24, 2.45) is 0 Å². The summed E-state index contributed by atoms with van der Waals surface area (Å²) in [6.45, 7) is 1.18. The Labute approximate surface area is 165 Å². The molecule has 148 valence electrons. The molecule has 1 aliphatic rings. The van der Waals surface area contributed by atoms with Gasteiger partial charge in [-0.15, -0.1) is 0 Å². The summed E-state index contributed by atoms with van der Waals surface area (Å²) >= 11 is 0. The van der Waals surface area contributed by atoms with Crippen LogP contribution in [-0.4, -0.2) is 52.9 Å². The number of rotatable bonds is 3. The van der Waals surface area contributed by atoms with Gasteiger partial charge >= 0.3 is 0 Å². The number of hydrogen-bond acceptors (Lipinski definition) is 4. The second-order valence-corrected chi connectivity index (χ2v) is 6.66. The second kappa shape index (κ2) is 7.83. The van der Waals surface area contributed by atoms with Gasteiger partial charge in [0, 0.05) is 43.4 Å². The topological polar surface area (TPSA) is 66.7 Å². The van der Waals surface area contributed by atoms with Crippen molar-refractivity contribution in [2.45, 2.75) is 0 Å². The SMILES string of the molecule is O=C(c1ccc(F)c(F)c1)N1CCN(C(=O)c2cc(-c3ccccc3)on2)CC1. The maximum absolute atomic E-state index is 13.4. The highest BCUT2D eigenvalue weighted by molar-refractivity contribution is 5.95. The highest BCUT2D eigenvalue weighted by atomic mass is 19.2. The molecule has 0 bridgehead atoms. The molecular formula is C21H17F2N3O3. The number of nitrogens with zero attached hydrogens (tertiary/aromatic N) is 3. The third kappa shape index (κ3) is 3.87. The van der Waals surface area contributed by atoms with Crippen LogP contribution >= 0.6 is 0 Å². The normalized spacial score (nSPS) is 14.1. The molecule has 0 unspecified atom stereocenters. The van der Waals surface area contributed by atoms with E-state index in [1.54, 1.807) is 11.0 Å². The Hall–Kier alpha value is -3.55. The van der Waals surface area contributed by atoms with E-state index < -0.39 is 17.5 Å². The molecule has 1 saturated heterocycles. The Bertz CT molecular complexity index is 1040. The van der Waals surface area contributed by atoms with Crippen LogP contribution in [0.4, 0.5) is 8.78 Å². The predicted octanol–water partition coefficient (Wildman–Crippen LogP) is 3.22. The second-order valence-electron chi connectivity index (χ2n) is 6.66. The summed E-state index contributed by atoms with van der Waals surface area (Å²) in [6, 6.07) is 14.0. The number of carbonyl (C=O) groups is 2. The van der Waals surface area contributed by atoms with Gasteiger partial charge in [0.2, 0.25) is 0 Å². The molecule has 1 aliphatic heterocycles. The van der Waals surface area contributed by atoms with Gasteiger partial charge in [0.1, 0.15) is 0 Å². The van der Waals surface area contributed by atoms with Crippen LogP contribution in [0, 0.1) is 11.6 Å². The van der Waals surface area contributed by atoms with E-state index in [-0.39, 0.29) is 30.3 Å². The van der Waals surface area contributed by atoms with E-state index in [0.717, 1.165) is 17.7 Å². The summed E-state index contributed by atoms with van der Waals surface area (Å²) in [4.78, 5) is 28.3. The van der Waals surface area contributed by atoms with Crippen molar-refractivity contribution >= 4 is 11.8 Å². The monoisotopic (exact) mass is 397 g/mol. The fourth-order valence-electron chi connectivity index (χ4n) is 3.20. The molecule has 2 amide bonds. The number of halogens is 2. The zero-order valence-corrected chi connectivity index (χ0v) is 15.3.